The topological polar surface area (TPSA) is 38.8 Å². The lowest BCUT2D eigenvalue weighted by molar-refractivity contribution is -0.274. The number of carbonyl (C=O) groups excluding carboxylic acids is 1. The molecule has 0 radical (unpaired) electrons. The summed E-state index contributed by atoms with van der Waals surface area (Å²) in [4.78, 5) is 13.8. The Labute approximate surface area is 143 Å². The first-order valence-electron chi connectivity index (χ1n) is 7.48. The molecule has 0 bridgehead atoms. The van der Waals surface area contributed by atoms with Gasteiger partial charge in [0.2, 0.25) is 5.91 Å². The fraction of sp³-hybridized carbons (Fsp3) is 0.278. The van der Waals surface area contributed by atoms with E-state index in [0.717, 1.165) is 11.3 Å². The third-order valence-electron chi connectivity index (χ3n) is 3.52. The van der Waals surface area contributed by atoms with E-state index in [-0.39, 0.29) is 18.1 Å². The molecule has 0 N–H and O–H groups in total. The standard InChI is InChI=1S/C18H18F3NO3/c1-22(12-14-5-7-15(24-2)8-6-14)17(23)11-13-3-9-16(10-4-13)25-18(19,20)21/h3-10H,11-12H2,1-2H3. The van der Waals surface area contributed by atoms with E-state index in [0.29, 0.717) is 12.1 Å². The van der Waals surface area contributed by atoms with Crippen molar-refractivity contribution in [2.75, 3.05) is 14.2 Å². The van der Waals surface area contributed by atoms with Crippen molar-refractivity contribution in [2.45, 2.75) is 19.3 Å². The Kier molecular flexibility index (Phi) is 5.90. The van der Waals surface area contributed by atoms with Crippen molar-refractivity contribution in [3.63, 3.8) is 0 Å². The maximum atomic E-state index is 12.2. The molecule has 2 aromatic carbocycles. The molecule has 0 spiro atoms. The third-order valence-corrected chi connectivity index (χ3v) is 3.52. The largest absolute Gasteiger partial charge is 0.573 e. The van der Waals surface area contributed by atoms with Gasteiger partial charge in [-0.05, 0) is 35.4 Å². The van der Waals surface area contributed by atoms with E-state index >= 15 is 0 Å². The molecule has 0 atom stereocenters. The van der Waals surface area contributed by atoms with Crippen LogP contribution in [0.5, 0.6) is 11.5 Å². The van der Waals surface area contributed by atoms with Crippen molar-refractivity contribution in [1.29, 1.82) is 0 Å². The van der Waals surface area contributed by atoms with Gasteiger partial charge in [-0.1, -0.05) is 24.3 Å². The summed E-state index contributed by atoms with van der Waals surface area (Å²) in [5.41, 5.74) is 1.56. The molecule has 0 saturated heterocycles. The molecule has 7 heteroatoms. The maximum absolute atomic E-state index is 12.2. The van der Waals surface area contributed by atoms with Crippen LogP contribution in [0.3, 0.4) is 0 Å². The first kappa shape index (κ1) is 18.6. The van der Waals surface area contributed by atoms with Gasteiger partial charge in [-0.15, -0.1) is 13.2 Å². The summed E-state index contributed by atoms with van der Waals surface area (Å²) < 4.78 is 45.2. The zero-order chi connectivity index (χ0) is 18.4. The van der Waals surface area contributed by atoms with Crippen LogP contribution < -0.4 is 9.47 Å². The molecule has 0 aliphatic heterocycles. The van der Waals surface area contributed by atoms with Crippen molar-refractivity contribution in [3.8, 4) is 11.5 Å². The number of nitrogens with zero attached hydrogens (tertiary/aromatic N) is 1. The average Bonchev–Trinajstić information content (AvgIpc) is 2.56. The normalized spacial score (nSPS) is 11.1. The van der Waals surface area contributed by atoms with Gasteiger partial charge in [0.1, 0.15) is 11.5 Å². The minimum absolute atomic E-state index is 0.0962. The molecule has 0 fully saturated rings. The Bertz CT molecular complexity index is 697. The Morgan fingerprint density at radius 1 is 0.960 bits per heavy atom. The van der Waals surface area contributed by atoms with Crippen LogP contribution in [0, 0.1) is 0 Å². The van der Waals surface area contributed by atoms with Crippen LogP contribution in [0.15, 0.2) is 48.5 Å². The second-order valence-corrected chi connectivity index (χ2v) is 5.47. The fourth-order valence-corrected chi connectivity index (χ4v) is 2.21. The quantitative estimate of drug-likeness (QED) is 0.793. The number of methoxy groups -OCH3 is 1. The fourth-order valence-electron chi connectivity index (χ4n) is 2.21. The highest BCUT2D eigenvalue weighted by Gasteiger charge is 2.30. The lowest BCUT2D eigenvalue weighted by atomic mass is 10.1. The van der Waals surface area contributed by atoms with E-state index in [2.05, 4.69) is 4.74 Å². The minimum atomic E-state index is -4.73. The summed E-state index contributed by atoms with van der Waals surface area (Å²) in [6, 6.07) is 12.6. The summed E-state index contributed by atoms with van der Waals surface area (Å²) in [5, 5.41) is 0. The molecular weight excluding hydrogens is 335 g/mol. The monoisotopic (exact) mass is 353 g/mol. The van der Waals surface area contributed by atoms with Crippen molar-refractivity contribution in [1.82, 2.24) is 4.90 Å². The average molecular weight is 353 g/mol. The number of likely N-dealkylation sites (N-methyl/N-ethyl adjacent to an activating group) is 1. The van der Waals surface area contributed by atoms with Crippen molar-refractivity contribution in [3.05, 3.63) is 59.7 Å². The summed E-state index contributed by atoms with van der Waals surface area (Å²) in [7, 11) is 3.25. The highest BCUT2D eigenvalue weighted by molar-refractivity contribution is 5.78. The third kappa shape index (κ3) is 6.02. The van der Waals surface area contributed by atoms with Crippen molar-refractivity contribution >= 4 is 5.91 Å². The van der Waals surface area contributed by atoms with Crippen molar-refractivity contribution in [2.24, 2.45) is 0 Å². The Morgan fingerprint density at radius 2 is 1.48 bits per heavy atom. The van der Waals surface area contributed by atoms with Crippen LogP contribution in [0.25, 0.3) is 0 Å². The van der Waals surface area contributed by atoms with Crippen LogP contribution >= 0.6 is 0 Å². The predicted octanol–water partition coefficient (Wildman–Crippen LogP) is 3.79. The van der Waals surface area contributed by atoms with Crippen LogP contribution in [0.2, 0.25) is 0 Å². The van der Waals surface area contributed by atoms with Crippen molar-refractivity contribution < 1.29 is 27.4 Å². The first-order valence-corrected chi connectivity index (χ1v) is 7.48. The molecule has 2 aromatic rings. The number of alkyl halides is 3. The maximum Gasteiger partial charge on any atom is 0.573 e. The molecule has 0 aromatic heterocycles. The van der Waals surface area contributed by atoms with E-state index in [1.165, 1.54) is 24.3 Å². The molecule has 2 rings (SSSR count). The smallest absolute Gasteiger partial charge is 0.497 e. The number of carbonyl (C=O) groups is 1. The number of benzene rings is 2. The molecule has 0 saturated carbocycles. The van der Waals surface area contributed by atoms with Gasteiger partial charge in [0.15, 0.2) is 0 Å². The molecule has 134 valence electrons. The van der Waals surface area contributed by atoms with E-state index in [9.17, 15) is 18.0 Å². The van der Waals surface area contributed by atoms with Crippen LogP contribution in [-0.2, 0) is 17.8 Å². The van der Waals surface area contributed by atoms with Gasteiger partial charge >= 0.3 is 6.36 Å². The molecule has 0 aliphatic rings. The second-order valence-electron chi connectivity index (χ2n) is 5.47. The Hall–Kier alpha value is -2.70. The summed E-state index contributed by atoms with van der Waals surface area (Å²) in [5.74, 6) is 0.287. The Morgan fingerprint density at radius 3 is 2.00 bits per heavy atom. The van der Waals surface area contributed by atoms with Gasteiger partial charge in [0, 0.05) is 13.6 Å². The summed E-state index contributed by atoms with van der Waals surface area (Å²) in [6.45, 7) is 0.429. The zero-order valence-electron chi connectivity index (χ0n) is 13.8. The van der Waals surface area contributed by atoms with E-state index in [1.807, 2.05) is 24.3 Å². The zero-order valence-corrected chi connectivity index (χ0v) is 13.8. The van der Waals surface area contributed by atoms with Gasteiger partial charge in [0.05, 0.1) is 13.5 Å². The summed E-state index contributed by atoms with van der Waals surface area (Å²) in [6.07, 6.45) is -4.63. The highest BCUT2D eigenvalue weighted by atomic mass is 19.4. The van der Waals surface area contributed by atoms with Crippen LogP contribution in [0.4, 0.5) is 13.2 Å². The lowest BCUT2D eigenvalue weighted by Crippen LogP contribution is -2.27. The number of amides is 1. The van der Waals surface area contributed by atoms with Gasteiger partial charge in [0.25, 0.3) is 0 Å². The lowest BCUT2D eigenvalue weighted by Gasteiger charge is -2.18. The molecule has 0 aliphatic carbocycles. The predicted molar refractivity (Wildman–Crippen MR) is 86.3 cm³/mol. The van der Waals surface area contributed by atoms with E-state index < -0.39 is 6.36 Å². The van der Waals surface area contributed by atoms with E-state index in [4.69, 9.17) is 4.74 Å². The molecular formula is C18H18F3NO3. The van der Waals surface area contributed by atoms with E-state index in [1.54, 1.807) is 19.1 Å². The molecule has 0 heterocycles. The highest BCUT2D eigenvalue weighted by Crippen LogP contribution is 2.23. The van der Waals surface area contributed by atoms with Gasteiger partial charge < -0.3 is 14.4 Å². The van der Waals surface area contributed by atoms with Crippen LogP contribution in [-0.4, -0.2) is 31.3 Å². The SMILES string of the molecule is COc1ccc(CN(C)C(=O)Cc2ccc(OC(F)(F)F)cc2)cc1. The van der Waals surface area contributed by atoms with Crippen LogP contribution in [0.1, 0.15) is 11.1 Å². The first-order chi connectivity index (χ1) is 11.8. The molecule has 0 unspecified atom stereocenters. The van der Waals surface area contributed by atoms with Gasteiger partial charge in [-0.25, -0.2) is 0 Å². The molecule has 25 heavy (non-hydrogen) atoms. The Balaban J connectivity index is 1.91. The molecule has 1 amide bonds. The summed E-state index contributed by atoms with van der Waals surface area (Å²) >= 11 is 0. The minimum Gasteiger partial charge on any atom is -0.497 e. The number of rotatable bonds is 6. The second kappa shape index (κ2) is 7.92. The van der Waals surface area contributed by atoms with Gasteiger partial charge in [-0.3, -0.25) is 4.79 Å². The molecule has 4 nitrogen and oxygen atoms in total. The van der Waals surface area contributed by atoms with Gasteiger partial charge in [-0.2, -0.15) is 0 Å². The number of ether oxygens (including phenoxy) is 2. The number of hydrogen-bond acceptors (Lipinski definition) is 3. The number of halogens is 3. The number of hydrogen-bond donors (Lipinski definition) is 0.